The maximum Gasteiger partial charge on any atom is 0.165 e. The van der Waals surface area contributed by atoms with Gasteiger partial charge in [0.05, 0.1) is 18.3 Å². The van der Waals surface area contributed by atoms with Gasteiger partial charge in [-0.25, -0.2) is 4.39 Å². The Hall–Kier alpha value is -1.55. The van der Waals surface area contributed by atoms with Gasteiger partial charge in [-0.05, 0) is 24.6 Å². The Kier molecular flexibility index (Phi) is 4.20. The zero-order valence-electron chi connectivity index (χ0n) is 10.1. The van der Waals surface area contributed by atoms with E-state index in [2.05, 4.69) is 12.0 Å². The molecule has 0 saturated heterocycles. The van der Waals surface area contributed by atoms with E-state index in [0.29, 0.717) is 17.1 Å². The van der Waals surface area contributed by atoms with Crippen molar-refractivity contribution in [2.24, 2.45) is 0 Å². The standard InChI is InChI=1S/C13H14ClFN2O/c1-2-5-17-9-12(8-16-17)18-13-4-3-11(15)6-10(13)7-14/h3-4,6,8-9H,2,5,7H2,1H3. The number of nitrogens with zero attached hydrogens (tertiary/aromatic N) is 2. The summed E-state index contributed by atoms with van der Waals surface area (Å²) in [6.07, 6.45) is 4.45. The van der Waals surface area contributed by atoms with Crippen molar-refractivity contribution < 1.29 is 9.13 Å². The molecule has 1 aromatic carbocycles. The van der Waals surface area contributed by atoms with Crippen LogP contribution in [0.3, 0.4) is 0 Å². The van der Waals surface area contributed by atoms with Crippen LogP contribution in [0.1, 0.15) is 18.9 Å². The van der Waals surface area contributed by atoms with E-state index in [4.69, 9.17) is 16.3 Å². The monoisotopic (exact) mass is 268 g/mol. The van der Waals surface area contributed by atoms with Crippen LogP contribution in [0.15, 0.2) is 30.6 Å². The molecule has 5 heteroatoms. The Bertz CT molecular complexity index is 527. The normalized spacial score (nSPS) is 10.6. The van der Waals surface area contributed by atoms with Gasteiger partial charge in [0.15, 0.2) is 5.75 Å². The Labute approximate surface area is 110 Å². The van der Waals surface area contributed by atoms with Gasteiger partial charge in [-0.2, -0.15) is 5.10 Å². The molecule has 0 aliphatic carbocycles. The summed E-state index contributed by atoms with van der Waals surface area (Å²) in [4.78, 5) is 0. The minimum atomic E-state index is -0.320. The topological polar surface area (TPSA) is 27.1 Å². The van der Waals surface area contributed by atoms with Crippen LogP contribution in [0.2, 0.25) is 0 Å². The lowest BCUT2D eigenvalue weighted by Crippen LogP contribution is -1.95. The minimum Gasteiger partial charge on any atom is -0.454 e. The predicted molar refractivity (Wildman–Crippen MR) is 68.5 cm³/mol. The van der Waals surface area contributed by atoms with Crippen molar-refractivity contribution in [3.8, 4) is 11.5 Å². The maximum atomic E-state index is 13.0. The fraction of sp³-hybridized carbons (Fsp3) is 0.308. The zero-order valence-corrected chi connectivity index (χ0v) is 10.8. The van der Waals surface area contributed by atoms with E-state index in [9.17, 15) is 4.39 Å². The summed E-state index contributed by atoms with van der Waals surface area (Å²) in [5, 5.41) is 4.16. The second-order valence-corrected chi connectivity index (χ2v) is 4.19. The highest BCUT2D eigenvalue weighted by Crippen LogP contribution is 2.27. The molecule has 0 spiro atoms. The third-order valence-corrected chi connectivity index (χ3v) is 2.74. The smallest absolute Gasteiger partial charge is 0.165 e. The summed E-state index contributed by atoms with van der Waals surface area (Å²) in [5.41, 5.74) is 0.625. The first-order valence-corrected chi connectivity index (χ1v) is 6.31. The largest absolute Gasteiger partial charge is 0.454 e. The molecule has 2 aromatic rings. The molecular formula is C13H14ClFN2O. The summed E-state index contributed by atoms with van der Waals surface area (Å²) in [6, 6.07) is 4.30. The maximum absolute atomic E-state index is 13.0. The van der Waals surface area contributed by atoms with Gasteiger partial charge in [-0.15, -0.1) is 11.6 Å². The summed E-state index contributed by atoms with van der Waals surface area (Å²) in [5.74, 6) is 1.07. The minimum absolute atomic E-state index is 0.205. The fourth-order valence-electron chi connectivity index (χ4n) is 1.63. The third kappa shape index (κ3) is 3.01. The van der Waals surface area contributed by atoms with Gasteiger partial charge in [0.2, 0.25) is 0 Å². The molecule has 1 heterocycles. The van der Waals surface area contributed by atoms with Crippen LogP contribution in [0.4, 0.5) is 4.39 Å². The Morgan fingerprint density at radius 1 is 1.44 bits per heavy atom. The second-order valence-electron chi connectivity index (χ2n) is 3.93. The first kappa shape index (κ1) is 12.9. The van der Waals surface area contributed by atoms with Crippen molar-refractivity contribution in [3.63, 3.8) is 0 Å². The Morgan fingerprint density at radius 2 is 2.28 bits per heavy atom. The number of alkyl halides is 1. The van der Waals surface area contributed by atoms with Crippen LogP contribution >= 0.6 is 11.6 Å². The first-order chi connectivity index (χ1) is 8.72. The van der Waals surface area contributed by atoms with E-state index in [1.807, 2.05) is 6.20 Å². The van der Waals surface area contributed by atoms with Crippen LogP contribution in [0, 0.1) is 5.82 Å². The summed E-state index contributed by atoms with van der Waals surface area (Å²) < 4.78 is 20.5. The number of hydrogen-bond acceptors (Lipinski definition) is 2. The molecule has 96 valence electrons. The van der Waals surface area contributed by atoms with Crippen molar-refractivity contribution in [1.29, 1.82) is 0 Å². The zero-order chi connectivity index (χ0) is 13.0. The van der Waals surface area contributed by atoms with E-state index < -0.39 is 0 Å². The molecule has 0 amide bonds. The van der Waals surface area contributed by atoms with Crippen LogP contribution in [-0.4, -0.2) is 9.78 Å². The highest BCUT2D eigenvalue weighted by atomic mass is 35.5. The molecule has 0 radical (unpaired) electrons. The van der Waals surface area contributed by atoms with E-state index in [0.717, 1.165) is 13.0 Å². The molecule has 18 heavy (non-hydrogen) atoms. The number of benzene rings is 1. The van der Waals surface area contributed by atoms with E-state index >= 15 is 0 Å². The number of rotatable bonds is 5. The lowest BCUT2D eigenvalue weighted by atomic mass is 10.2. The third-order valence-electron chi connectivity index (χ3n) is 2.46. The second kappa shape index (κ2) is 5.87. The van der Waals surface area contributed by atoms with Crippen molar-refractivity contribution in [1.82, 2.24) is 9.78 Å². The molecule has 0 bridgehead atoms. The predicted octanol–water partition coefficient (Wildman–Crippen LogP) is 3.96. The van der Waals surface area contributed by atoms with Crippen LogP contribution in [0.5, 0.6) is 11.5 Å². The SMILES string of the molecule is CCCn1cc(Oc2ccc(F)cc2CCl)cn1. The lowest BCUT2D eigenvalue weighted by molar-refractivity contribution is 0.474. The van der Waals surface area contributed by atoms with Crippen LogP contribution in [-0.2, 0) is 12.4 Å². The summed E-state index contributed by atoms with van der Waals surface area (Å²) >= 11 is 5.76. The quantitative estimate of drug-likeness (QED) is 0.768. The number of halogens is 2. The molecule has 0 N–H and O–H groups in total. The van der Waals surface area contributed by atoms with Crippen LogP contribution in [0.25, 0.3) is 0 Å². The summed E-state index contributed by atoms with van der Waals surface area (Å²) in [6.45, 7) is 2.92. The van der Waals surface area contributed by atoms with Crippen molar-refractivity contribution in [2.75, 3.05) is 0 Å². The van der Waals surface area contributed by atoms with Gasteiger partial charge in [0.25, 0.3) is 0 Å². The van der Waals surface area contributed by atoms with Crippen molar-refractivity contribution >= 4 is 11.6 Å². The van der Waals surface area contributed by atoms with Crippen LogP contribution < -0.4 is 4.74 Å². The molecule has 1 aromatic heterocycles. The number of aromatic nitrogens is 2. The highest BCUT2D eigenvalue weighted by molar-refractivity contribution is 6.17. The van der Waals surface area contributed by atoms with Gasteiger partial charge in [0.1, 0.15) is 11.6 Å². The summed E-state index contributed by atoms with van der Waals surface area (Å²) in [7, 11) is 0. The molecule has 0 saturated carbocycles. The average molecular weight is 269 g/mol. The van der Waals surface area contributed by atoms with E-state index in [1.165, 1.54) is 12.1 Å². The van der Waals surface area contributed by atoms with Crippen molar-refractivity contribution in [2.45, 2.75) is 25.8 Å². The fourth-order valence-corrected chi connectivity index (χ4v) is 1.84. The van der Waals surface area contributed by atoms with Gasteiger partial charge in [-0.1, -0.05) is 6.92 Å². The molecule has 0 fully saturated rings. The van der Waals surface area contributed by atoms with E-state index in [-0.39, 0.29) is 11.7 Å². The van der Waals surface area contributed by atoms with Gasteiger partial charge >= 0.3 is 0 Å². The Balaban J connectivity index is 2.17. The number of aryl methyl sites for hydroxylation is 1. The van der Waals surface area contributed by atoms with Gasteiger partial charge < -0.3 is 4.74 Å². The molecule has 2 rings (SSSR count). The molecule has 0 atom stereocenters. The number of hydrogen-bond donors (Lipinski definition) is 0. The number of ether oxygens (including phenoxy) is 1. The Morgan fingerprint density at radius 3 is 3.00 bits per heavy atom. The average Bonchev–Trinajstić information content (AvgIpc) is 2.79. The van der Waals surface area contributed by atoms with Gasteiger partial charge in [0, 0.05) is 12.1 Å². The molecule has 0 aliphatic heterocycles. The van der Waals surface area contributed by atoms with Crippen molar-refractivity contribution in [3.05, 3.63) is 42.0 Å². The van der Waals surface area contributed by atoms with Gasteiger partial charge in [-0.3, -0.25) is 4.68 Å². The highest BCUT2D eigenvalue weighted by Gasteiger charge is 2.07. The molecule has 0 unspecified atom stereocenters. The van der Waals surface area contributed by atoms with E-state index in [1.54, 1.807) is 16.9 Å². The molecule has 0 aliphatic rings. The lowest BCUT2D eigenvalue weighted by Gasteiger charge is -2.07. The first-order valence-electron chi connectivity index (χ1n) is 5.77. The molecular weight excluding hydrogens is 255 g/mol. The molecule has 3 nitrogen and oxygen atoms in total.